The van der Waals surface area contributed by atoms with Crippen LogP contribution in [0.25, 0.3) is 0 Å². The Kier molecular flexibility index (Phi) is 7.05. The van der Waals surface area contributed by atoms with E-state index in [9.17, 15) is 9.59 Å². The number of thiophene rings is 1. The van der Waals surface area contributed by atoms with Crippen LogP contribution in [0.1, 0.15) is 42.8 Å². The summed E-state index contributed by atoms with van der Waals surface area (Å²) in [7, 11) is 0. The number of carbonyl (C=O) groups excluding carboxylic acids is 2. The lowest BCUT2D eigenvalue weighted by molar-refractivity contribution is -0.122. The van der Waals surface area contributed by atoms with Gasteiger partial charge in [0.05, 0.1) is 4.88 Å². The zero-order chi connectivity index (χ0) is 16.7. The summed E-state index contributed by atoms with van der Waals surface area (Å²) in [5.74, 6) is 0.533. The van der Waals surface area contributed by atoms with Gasteiger partial charge < -0.3 is 15.5 Å². The first-order chi connectivity index (χ1) is 11.1. The average molecular weight is 337 g/mol. The van der Waals surface area contributed by atoms with Gasteiger partial charge in [-0.25, -0.2) is 0 Å². The molecule has 1 aliphatic heterocycles. The van der Waals surface area contributed by atoms with Gasteiger partial charge in [-0.2, -0.15) is 0 Å². The monoisotopic (exact) mass is 337 g/mol. The molecule has 1 saturated heterocycles. The fourth-order valence-electron chi connectivity index (χ4n) is 2.69. The number of hydrogen-bond acceptors (Lipinski definition) is 4. The van der Waals surface area contributed by atoms with Crippen LogP contribution < -0.4 is 10.6 Å². The molecule has 0 aliphatic carbocycles. The second-order valence-corrected chi connectivity index (χ2v) is 7.29. The Bertz CT molecular complexity index is 496. The van der Waals surface area contributed by atoms with Gasteiger partial charge in [-0.1, -0.05) is 13.0 Å². The van der Waals surface area contributed by atoms with E-state index in [-0.39, 0.29) is 11.8 Å². The van der Waals surface area contributed by atoms with E-state index in [1.165, 1.54) is 37.3 Å². The first-order valence-corrected chi connectivity index (χ1v) is 9.28. The summed E-state index contributed by atoms with van der Waals surface area (Å²) in [6, 6.07) is 3.07. The first-order valence-electron chi connectivity index (χ1n) is 8.40. The highest BCUT2D eigenvalue weighted by atomic mass is 32.1. The van der Waals surface area contributed by atoms with Gasteiger partial charge in [0.1, 0.15) is 6.04 Å². The molecule has 1 atom stereocenters. The Morgan fingerprint density at radius 1 is 1.39 bits per heavy atom. The van der Waals surface area contributed by atoms with Crippen LogP contribution in [0.2, 0.25) is 0 Å². The molecule has 1 unspecified atom stereocenters. The molecular weight excluding hydrogens is 310 g/mol. The second-order valence-electron chi connectivity index (χ2n) is 6.34. The number of hydrogen-bond donors (Lipinski definition) is 2. The van der Waals surface area contributed by atoms with Crippen LogP contribution in [0.5, 0.6) is 0 Å². The van der Waals surface area contributed by atoms with Crippen LogP contribution in [0.15, 0.2) is 17.5 Å². The van der Waals surface area contributed by atoms with Crippen LogP contribution in [0, 0.1) is 5.92 Å². The molecule has 0 bridgehead atoms. The minimum absolute atomic E-state index is 0.123. The molecular formula is C17H27N3O2S. The Labute approximate surface area is 142 Å². The van der Waals surface area contributed by atoms with E-state index < -0.39 is 6.04 Å². The molecule has 0 aromatic carbocycles. The molecule has 0 saturated carbocycles. The zero-order valence-corrected chi connectivity index (χ0v) is 14.8. The van der Waals surface area contributed by atoms with E-state index in [0.29, 0.717) is 11.4 Å². The molecule has 0 radical (unpaired) electrons. The highest BCUT2D eigenvalue weighted by Crippen LogP contribution is 2.15. The van der Waals surface area contributed by atoms with Crippen LogP contribution in [-0.2, 0) is 4.79 Å². The molecule has 0 spiro atoms. The molecule has 2 N–H and O–H groups in total. The fraction of sp³-hybridized carbons (Fsp3) is 0.647. The Morgan fingerprint density at radius 3 is 2.78 bits per heavy atom. The van der Waals surface area contributed by atoms with Gasteiger partial charge in [0, 0.05) is 6.54 Å². The maximum absolute atomic E-state index is 12.0. The van der Waals surface area contributed by atoms with E-state index >= 15 is 0 Å². The maximum atomic E-state index is 12.0. The molecule has 1 fully saturated rings. The van der Waals surface area contributed by atoms with Crippen molar-refractivity contribution < 1.29 is 9.59 Å². The lowest BCUT2D eigenvalue weighted by atomic mass is 9.99. The van der Waals surface area contributed by atoms with E-state index in [1.54, 1.807) is 13.0 Å². The molecule has 1 aliphatic rings. The number of rotatable bonds is 7. The average Bonchev–Trinajstić information content (AvgIpc) is 3.07. The summed E-state index contributed by atoms with van der Waals surface area (Å²) in [4.78, 5) is 27.0. The summed E-state index contributed by atoms with van der Waals surface area (Å²) in [6.45, 7) is 8.05. The smallest absolute Gasteiger partial charge is 0.261 e. The summed E-state index contributed by atoms with van der Waals surface area (Å²) >= 11 is 1.37. The van der Waals surface area contributed by atoms with Gasteiger partial charge in [-0.3, -0.25) is 9.59 Å². The second kappa shape index (κ2) is 9.03. The highest BCUT2D eigenvalue weighted by Gasteiger charge is 2.17. The van der Waals surface area contributed by atoms with Crippen LogP contribution in [0.3, 0.4) is 0 Å². The number of nitrogens with zero attached hydrogens (tertiary/aromatic N) is 1. The number of piperidine rings is 1. The third kappa shape index (κ3) is 5.95. The quantitative estimate of drug-likeness (QED) is 0.749. The van der Waals surface area contributed by atoms with Crippen molar-refractivity contribution in [1.29, 1.82) is 0 Å². The lowest BCUT2D eigenvalue weighted by Crippen LogP contribution is -2.45. The standard InChI is InChI=1S/C17H27N3O2S/c1-13-6-10-20(11-7-13)9-4-8-18-16(21)14(2)19-17(22)15-5-3-12-23-15/h3,5,12-14H,4,6-11H2,1-2H3,(H,18,21)(H,19,22). The third-order valence-electron chi connectivity index (χ3n) is 4.31. The Morgan fingerprint density at radius 2 is 2.13 bits per heavy atom. The van der Waals surface area contributed by atoms with Gasteiger partial charge in [-0.15, -0.1) is 11.3 Å². The van der Waals surface area contributed by atoms with Crippen molar-refractivity contribution >= 4 is 23.2 Å². The van der Waals surface area contributed by atoms with Crippen LogP contribution in [-0.4, -0.2) is 48.9 Å². The topological polar surface area (TPSA) is 61.4 Å². The van der Waals surface area contributed by atoms with Crippen molar-refractivity contribution in [2.45, 2.75) is 39.2 Å². The van der Waals surface area contributed by atoms with Crippen molar-refractivity contribution in [3.8, 4) is 0 Å². The summed E-state index contributed by atoms with van der Waals surface area (Å²) in [5, 5.41) is 7.48. The van der Waals surface area contributed by atoms with Crippen molar-refractivity contribution in [3.63, 3.8) is 0 Å². The number of likely N-dealkylation sites (tertiary alicyclic amines) is 1. The van der Waals surface area contributed by atoms with E-state index in [0.717, 1.165) is 18.9 Å². The lowest BCUT2D eigenvalue weighted by Gasteiger charge is -2.30. The Balaban J connectivity index is 1.59. The SMILES string of the molecule is CC1CCN(CCCNC(=O)C(C)NC(=O)c2cccs2)CC1. The summed E-state index contributed by atoms with van der Waals surface area (Å²) in [6.07, 6.45) is 3.50. The van der Waals surface area contributed by atoms with E-state index in [4.69, 9.17) is 0 Å². The predicted octanol–water partition coefficient (Wildman–Crippen LogP) is 2.10. The summed E-state index contributed by atoms with van der Waals surface area (Å²) < 4.78 is 0. The van der Waals surface area contributed by atoms with Crippen molar-refractivity contribution in [2.75, 3.05) is 26.2 Å². The van der Waals surface area contributed by atoms with Gasteiger partial charge in [0.2, 0.25) is 5.91 Å². The largest absolute Gasteiger partial charge is 0.354 e. The minimum atomic E-state index is -0.513. The molecule has 5 nitrogen and oxygen atoms in total. The minimum Gasteiger partial charge on any atom is -0.354 e. The van der Waals surface area contributed by atoms with E-state index in [1.807, 2.05) is 11.4 Å². The van der Waals surface area contributed by atoms with Crippen molar-refractivity contribution in [3.05, 3.63) is 22.4 Å². The molecule has 128 valence electrons. The first kappa shape index (κ1) is 17.9. The van der Waals surface area contributed by atoms with Gasteiger partial charge in [-0.05, 0) is 63.2 Å². The highest BCUT2D eigenvalue weighted by molar-refractivity contribution is 7.12. The predicted molar refractivity (Wildman–Crippen MR) is 93.7 cm³/mol. The van der Waals surface area contributed by atoms with Crippen LogP contribution in [0.4, 0.5) is 0 Å². The number of nitrogens with one attached hydrogen (secondary N) is 2. The van der Waals surface area contributed by atoms with Crippen molar-refractivity contribution in [1.82, 2.24) is 15.5 Å². The van der Waals surface area contributed by atoms with Gasteiger partial charge in [0.25, 0.3) is 5.91 Å². The number of carbonyl (C=O) groups is 2. The Hall–Kier alpha value is -1.40. The maximum Gasteiger partial charge on any atom is 0.261 e. The molecule has 2 heterocycles. The zero-order valence-electron chi connectivity index (χ0n) is 14.0. The van der Waals surface area contributed by atoms with Gasteiger partial charge >= 0.3 is 0 Å². The fourth-order valence-corrected chi connectivity index (χ4v) is 3.32. The normalized spacial score (nSPS) is 17.7. The molecule has 2 amide bonds. The summed E-state index contributed by atoms with van der Waals surface area (Å²) in [5.41, 5.74) is 0. The number of amides is 2. The van der Waals surface area contributed by atoms with Crippen molar-refractivity contribution in [2.24, 2.45) is 5.92 Å². The third-order valence-corrected chi connectivity index (χ3v) is 5.18. The van der Waals surface area contributed by atoms with Gasteiger partial charge in [0.15, 0.2) is 0 Å². The van der Waals surface area contributed by atoms with E-state index in [2.05, 4.69) is 22.5 Å². The molecule has 6 heteroatoms. The molecule has 23 heavy (non-hydrogen) atoms. The molecule has 1 aromatic rings. The van der Waals surface area contributed by atoms with Crippen LogP contribution >= 0.6 is 11.3 Å². The molecule has 2 rings (SSSR count). The molecule has 1 aromatic heterocycles.